The molecule has 0 saturated carbocycles. The van der Waals surface area contributed by atoms with Gasteiger partial charge < -0.3 is 14.1 Å². The molecule has 0 spiro atoms. The minimum atomic E-state index is -0.519. The van der Waals surface area contributed by atoms with Crippen molar-refractivity contribution in [1.29, 1.82) is 0 Å². The van der Waals surface area contributed by atoms with Crippen LogP contribution < -0.4 is 0 Å². The van der Waals surface area contributed by atoms with E-state index in [0.29, 0.717) is 5.76 Å². The fourth-order valence-corrected chi connectivity index (χ4v) is 1.59. The number of carbonyl (C=O) groups is 2. The minimum absolute atomic E-state index is 0.109. The molecule has 1 heterocycles. The normalized spacial score (nSPS) is 11.2. The number of hydrogen-bond donors (Lipinski definition) is 0. The molecule has 19 heavy (non-hydrogen) atoms. The second-order valence-electron chi connectivity index (χ2n) is 5.12. The molecule has 1 aromatic rings. The van der Waals surface area contributed by atoms with Crippen molar-refractivity contribution in [2.45, 2.75) is 40.2 Å². The lowest BCUT2D eigenvalue weighted by molar-refractivity contribution is -0.144. The van der Waals surface area contributed by atoms with Crippen molar-refractivity contribution in [3.8, 4) is 0 Å². The Morgan fingerprint density at radius 2 is 2.05 bits per heavy atom. The van der Waals surface area contributed by atoms with Crippen LogP contribution in [-0.2, 0) is 9.53 Å². The van der Waals surface area contributed by atoms with Crippen LogP contribution in [0, 0.1) is 6.92 Å². The summed E-state index contributed by atoms with van der Waals surface area (Å²) in [6.07, 6.45) is 1.22. The number of oxazole rings is 1. The zero-order valence-electron chi connectivity index (χ0n) is 12.0. The third kappa shape index (κ3) is 3.81. The van der Waals surface area contributed by atoms with Gasteiger partial charge >= 0.3 is 5.97 Å². The van der Waals surface area contributed by atoms with Gasteiger partial charge in [0.15, 0.2) is 12.1 Å². The number of nitrogens with zero attached hydrogens (tertiary/aromatic N) is 2. The van der Waals surface area contributed by atoms with E-state index in [2.05, 4.69) is 4.98 Å². The third-order valence-electron chi connectivity index (χ3n) is 2.59. The Labute approximate surface area is 112 Å². The molecule has 0 radical (unpaired) electrons. The molecular weight excluding hydrogens is 248 g/mol. The molecule has 0 aliphatic carbocycles. The summed E-state index contributed by atoms with van der Waals surface area (Å²) in [6, 6.07) is 0. The zero-order valence-corrected chi connectivity index (χ0v) is 12.0. The number of aryl methyl sites for hydroxylation is 1. The highest BCUT2D eigenvalue weighted by Gasteiger charge is 2.32. The van der Waals surface area contributed by atoms with Crippen LogP contribution in [0.5, 0.6) is 0 Å². The first-order chi connectivity index (χ1) is 8.77. The molecule has 0 atom stereocenters. The number of aromatic nitrogens is 1. The molecule has 0 N–H and O–H groups in total. The first kappa shape index (κ1) is 15.2. The molecule has 0 unspecified atom stereocenters. The van der Waals surface area contributed by atoms with Gasteiger partial charge in [0.05, 0.1) is 6.61 Å². The van der Waals surface area contributed by atoms with E-state index in [1.165, 1.54) is 11.3 Å². The highest BCUT2D eigenvalue weighted by Crippen LogP contribution is 2.18. The number of esters is 1. The zero-order chi connectivity index (χ0) is 14.6. The lowest BCUT2D eigenvalue weighted by Gasteiger charge is -2.34. The standard InChI is InChI=1S/C13H20N2O4/c1-6-18-10(16)7-15(13(3,4)5)12(17)11-9(2)19-8-14-11/h8H,6-7H2,1-5H3. The molecule has 0 bridgehead atoms. The van der Waals surface area contributed by atoms with Gasteiger partial charge in [0, 0.05) is 5.54 Å². The predicted molar refractivity (Wildman–Crippen MR) is 68.7 cm³/mol. The van der Waals surface area contributed by atoms with E-state index in [-0.39, 0.29) is 24.8 Å². The van der Waals surface area contributed by atoms with Crippen LogP contribution in [0.25, 0.3) is 0 Å². The molecule has 0 aliphatic heterocycles. The average molecular weight is 268 g/mol. The molecule has 106 valence electrons. The number of rotatable bonds is 4. The number of amides is 1. The minimum Gasteiger partial charge on any atom is -0.465 e. The quantitative estimate of drug-likeness (QED) is 0.778. The predicted octanol–water partition coefficient (Wildman–Crippen LogP) is 1.79. The molecule has 1 rings (SSSR count). The molecule has 0 saturated heterocycles. The van der Waals surface area contributed by atoms with Crippen molar-refractivity contribution in [2.24, 2.45) is 0 Å². The Morgan fingerprint density at radius 1 is 1.42 bits per heavy atom. The fraction of sp³-hybridized carbons (Fsp3) is 0.615. The van der Waals surface area contributed by atoms with Crippen molar-refractivity contribution in [3.05, 3.63) is 17.8 Å². The Bertz CT molecular complexity index is 459. The highest BCUT2D eigenvalue weighted by molar-refractivity contribution is 5.95. The highest BCUT2D eigenvalue weighted by atomic mass is 16.5. The van der Waals surface area contributed by atoms with E-state index in [0.717, 1.165) is 0 Å². The van der Waals surface area contributed by atoms with Crippen LogP contribution in [0.3, 0.4) is 0 Å². The van der Waals surface area contributed by atoms with Gasteiger partial charge in [0.25, 0.3) is 5.91 Å². The Hall–Kier alpha value is -1.85. The largest absolute Gasteiger partial charge is 0.465 e. The summed E-state index contributed by atoms with van der Waals surface area (Å²) in [7, 11) is 0. The van der Waals surface area contributed by atoms with Crippen LogP contribution in [0.1, 0.15) is 43.9 Å². The summed E-state index contributed by atoms with van der Waals surface area (Å²) < 4.78 is 9.91. The maximum Gasteiger partial charge on any atom is 0.325 e. The lowest BCUT2D eigenvalue weighted by atomic mass is 10.1. The molecule has 0 aromatic carbocycles. The smallest absolute Gasteiger partial charge is 0.325 e. The van der Waals surface area contributed by atoms with Gasteiger partial charge in [-0.2, -0.15) is 0 Å². The average Bonchev–Trinajstić information content (AvgIpc) is 2.70. The van der Waals surface area contributed by atoms with Crippen molar-refractivity contribution < 1.29 is 18.7 Å². The molecule has 1 aromatic heterocycles. The second-order valence-corrected chi connectivity index (χ2v) is 5.12. The number of carbonyl (C=O) groups excluding carboxylic acids is 2. The first-order valence-electron chi connectivity index (χ1n) is 6.15. The van der Waals surface area contributed by atoms with Gasteiger partial charge in [-0.3, -0.25) is 9.59 Å². The van der Waals surface area contributed by atoms with Gasteiger partial charge in [0.2, 0.25) is 0 Å². The molecule has 6 heteroatoms. The molecular formula is C13H20N2O4. The maximum absolute atomic E-state index is 12.4. The van der Waals surface area contributed by atoms with Crippen LogP contribution in [0.2, 0.25) is 0 Å². The number of hydrogen-bond acceptors (Lipinski definition) is 5. The van der Waals surface area contributed by atoms with Crippen molar-refractivity contribution in [1.82, 2.24) is 9.88 Å². The Morgan fingerprint density at radius 3 is 2.47 bits per heavy atom. The number of ether oxygens (including phenoxy) is 1. The summed E-state index contributed by atoms with van der Waals surface area (Å²) >= 11 is 0. The molecule has 1 amide bonds. The fourth-order valence-electron chi connectivity index (χ4n) is 1.59. The van der Waals surface area contributed by atoms with E-state index in [4.69, 9.17) is 9.15 Å². The lowest BCUT2D eigenvalue weighted by Crippen LogP contribution is -2.48. The van der Waals surface area contributed by atoms with E-state index in [9.17, 15) is 9.59 Å². The van der Waals surface area contributed by atoms with E-state index in [1.54, 1.807) is 13.8 Å². The van der Waals surface area contributed by atoms with Crippen LogP contribution in [0.4, 0.5) is 0 Å². The Balaban J connectivity index is 2.96. The van der Waals surface area contributed by atoms with E-state index < -0.39 is 11.5 Å². The summed E-state index contributed by atoms with van der Waals surface area (Å²) in [5.41, 5.74) is -0.297. The van der Waals surface area contributed by atoms with Crippen LogP contribution >= 0.6 is 0 Å². The van der Waals surface area contributed by atoms with Gasteiger partial charge in [-0.25, -0.2) is 4.98 Å². The second kappa shape index (κ2) is 5.86. The van der Waals surface area contributed by atoms with E-state index in [1.807, 2.05) is 20.8 Å². The van der Waals surface area contributed by atoms with Gasteiger partial charge in [-0.1, -0.05) is 0 Å². The first-order valence-corrected chi connectivity index (χ1v) is 6.15. The summed E-state index contributed by atoms with van der Waals surface area (Å²) in [4.78, 5) is 29.3. The van der Waals surface area contributed by atoms with E-state index >= 15 is 0 Å². The van der Waals surface area contributed by atoms with Crippen LogP contribution in [0.15, 0.2) is 10.8 Å². The topological polar surface area (TPSA) is 72.6 Å². The van der Waals surface area contributed by atoms with Crippen LogP contribution in [-0.4, -0.2) is 40.5 Å². The van der Waals surface area contributed by atoms with Gasteiger partial charge in [-0.05, 0) is 34.6 Å². The maximum atomic E-state index is 12.4. The molecule has 0 fully saturated rings. The summed E-state index contributed by atoms with van der Waals surface area (Å²) in [6.45, 7) is 9.10. The SMILES string of the molecule is CCOC(=O)CN(C(=O)c1ncoc1C)C(C)(C)C. The third-order valence-corrected chi connectivity index (χ3v) is 2.59. The Kier molecular flexibility index (Phi) is 4.69. The molecule has 6 nitrogen and oxygen atoms in total. The molecule has 0 aliphatic rings. The van der Waals surface area contributed by atoms with Gasteiger partial charge in [-0.15, -0.1) is 0 Å². The van der Waals surface area contributed by atoms with Gasteiger partial charge in [0.1, 0.15) is 12.3 Å². The summed E-state index contributed by atoms with van der Waals surface area (Å²) in [5, 5.41) is 0. The summed E-state index contributed by atoms with van der Waals surface area (Å²) in [5.74, 6) is -0.346. The van der Waals surface area contributed by atoms with Crippen molar-refractivity contribution in [2.75, 3.05) is 13.2 Å². The monoisotopic (exact) mass is 268 g/mol. The van der Waals surface area contributed by atoms with Crippen molar-refractivity contribution in [3.63, 3.8) is 0 Å². The van der Waals surface area contributed by atoms with Crippen molar-refractivity contribution >= 4 is 11.9 Å².